The van der Waals surface area contributed by atoms with Gasteiger partial charge >= 0.3 is 0 Å². The molecule has 6 heteroatoms. The van der Waals surface area contributed by atoms with Crippen LogP contribution in [0.25, 0.3) is 0 Å². The van der Waals surface area contributed by atoms with Crippen molar-refractivity contribution in [1.29, 1.82) is 0 Å². The molecule has 20 heavy (non-hydrogen) atoms. The Kier molecular flexibility index (Phi) is 4.49. The summed E-state index contributed by atoms with van der Waals surface area (Å²) < 4.78 is 1.37. The quantitative estimate of drug-likeness (QED) is 0.875. The van der Waals surface area contributed by atoms with E-state index in [1.165, 1.54) is 11.6 Å². The van der Waals surface area contributed by atoms with Gasteiger partial charge in [-0.3, -0.25) is 9.59 Å². The Balaban J connectivity index is 2.02. The molecule has 2 amide bonds. The summed E-state index contributed by atoms with van der Waals surface area (Å²) in [5, 5.41) is 10.5. The van der Waals surface area contributed by atoms with Crippen molar-refractivity contribution in [2.75, 3.05) is 0 Å². The number of nitrogens with zero attached hydrogens (tertiary/aromatic N) is 3. The summed E-state index contributed by atoms with van der Waals surface area (Å²) >= 11 is 0. The Bertz CT molecular complexity index is 566. The van der Waals surface area contributed by atoms with Gasteiger partial charge in [0.25, 0.3) is 5.91 Å². The van der Waals surface area contributed by atoms with E-state index in [0.717, 1.165) is 5.56 Å². The largest absolute Gasteiger partial charge is 0.327 e. The van der Waals surface area contributed by atoms with Crippen LogP contribution in [0.5, 0.6) is 0 Å². The Morgan fingerprint density at radius 3 is 2.65 bits per heavy atom. The molecule has 0 aliphatic heterocycles. The van der Waals surface area contributed by atoms with E-state index in [1.807, 2.05) is 30.3 Å². The normalized spacial score (nSPS) is 11.7. The van der Waals surface area contributed by atoms with E-state index in [2.05, 4.69) is 15.7 Å². The molecule has 0 spiro atoms. The van der Waals surface area contributed by atoms with E-state index in [1.54, 1.807) is 18.5 Å². The highest BCUT2D eigenvalue weighted by molar-refractivity contribution is 5.84. The van der Waals surface area contributed by atoms with Gasteiger partial charge in [-0.2, -0.15) is 5.10 Å². The molecular formula is C14H15N4O2. The fourth-order valence-electron chi connectivity index (χ4n) is 1.71. The van der Waals surface area contributed by atoms with Gasteiger partial charge in [-0.05, 0) is 11.6 Å². The average Bonchev–Trinajstić information content (AvgIpc) is 2.97. The van der Waals surface area contributed by atoms with Crippen LogP contribution in [0.4, 0.5) is 0 Å². The number of amides is 2. The summed E-state index contributed by atoms with van der Waals surface area (Å²) in [7, 11) is 0. The molecule has 103 valence electrons. The molecule has 0 aliphatic carbocycles. The van der Waals surface area contributed by atoms with Gasteiger partial charge in [0.05, 0.1) is 6.54 Å². The molecule has 1 heterocycles. The first-order valence-electron chi connectivity index (χ1n) is 6.18. The number of carbonyl (C=O) groups excluding carboxylic acids is 2. The van der Waals surface area contributed by atoms with Crippen LogP contribution in [0.1, 0.15) is 18.7 Å². The monoisotopic (exact) mass is 271 g/mol. The van der Waals surface area contributed by atoms with Crippen LogP contribution in [0.3, 0.4) is 0 Å². The van der Waals surface area contributed by atoms with Gasteiger partial charge in [-0.25, -0.2) is 10.00 Å². The summed E-state index contributed by atoms with van der Waals surface area (Å²) in [5.74, 6) is -0.749. The van der Waals surface area contributed by atoms with Crippen LogP contribution in [-0.4, -0.2) is 21.6 Å². The summed E-state index contributed by atoms with van der Waals surface area (Å²) in [4.78, 5) is 23.3. The highest BCUT2D eigenvalue weighted by Gasteiger charge is 2.22. The van der Waals surface area contributed by atoms with Gasteiger partial charge in [0, 0.05) is 19.3 Å². The first-order chi connectivity index (χ1) is 9.66. The molecule has 1 N–H and O–H groups in total. The summed E-state index contributed by atoms with van der Waals surface area (Å²) in [6.07, 6.45) is 2.25. The zero-order chi connectivity index (χ0) is 14.4. The summed E-state index contributed by atoms with van der Waals surface area (Å²) in [6.45, 7) is 1.62. The van der Waals surface area contributed by atoms with Crippen molar-refractivity contribution in [2.45, 2.75) is 19.6 Å². The number of rotatable bonds is 5. The smallest absolute Gasteiger partial charge is 0.286 e. The topological polar surface area (TPSA) is 78.1 Å². The molecule has 2 rings (SSSR count). The zero-order valence-corrected chi connectivity index (χ0v) is 11.1. The predicted octanol–water partition coefficient (Wildman–Crippen LogP) is 0.849. The van der Waals surface area contributed by atoms with Crippen LogP contribution < -0.4 is 10.6 Å². The molecule has 1 aromatic carbocycles. The van der Waals surface area contributed by atoms with Gasteiger partial charge in [0.15, 0.2) is 0 Å². The van der Waals surface area contributed by atoms with Crippen molar-refractivity contribution >= 4 is 11.8 Å². The number of carbonyl (C=O) groups is 2. The number of hydrogen-bond acceptors (Lipinski definition) is 3. The Morgan fingerprint density at radius 2 is 2.05 bits per heavy atom. The van der Waals surface area contributed by atoms with Gasteiger partial charge in [-0.15, -0.1) is 0 Å². The fraction of sp³-hybridized carbons (Fsp3) is 0.214. The maximum absolute atomic E-state index is 12.1. The molecule has 0 saturated carbocycles. The van der Waals surface area contributed by atoms with Gasteiger partial charge in [-0.1, -0.05) is 30.3 Å². The van der Waals surface area contributed by atoms with Crippen molar-refractivity contribution in [3.05, 3.63) is 54.4 Å². The Labute approximate surface area is 116 Å². The van der Waals surface area contributed by atoms with Crippen LogP contribution in [0.15, 0.2) is 48.8 Å². The second kappa shape index (κ2) is 6.51. The van der Waals surface area contributed by atoms with Crippen molar-refractivity contribution < 1.29 is 9.59 Å². The van der Waals surface area contributed by atoms with Crippen molar-refractivity contribution in [2.24, 2.45) is 0 Å². The predicted molar refractivity (Wildman–Crippen MR) is 72.4 cm³/mol. The lowest BCUT2D eigenvalue weighted by molar-refractivity contribution is -0.131. The Morgan fingerprint density at radius 1 is 1.30 bits per heavy atom. The van der Waals surface area contributed by atoms with Crippen LogP contribution >= 0.6 is 0 Å². The van der Waals surface area contributed by atoms with Gasteiger partial charge in [0.2, 0.25) is 12.1 Å². The molecule has 0 saturated heterocycles. The summed E-state index contributed by atoms with van der Waals surface area (Å²) in [5.41, 5.74) is 0.933. The van der Waals surface area contributed by atoms with E-state index in [4.69, 9.17) is 0 Å². The number of nitrogens with one attached hydrogen (secondary N) is 1. The maximum atomic E-state index is 12.1. The lowest BCUT2D eigenvalue weighted by Crippen LogP contribution is -2.40. The summed E-state index contributed by atoms with van der Waals surface area (Å²) in [6, 6.07) is 11.1. The molecule has 0 fully saturated rings. The lowest BCUT2D eigenvalue weighted by atomic mass is 10.2. The third kappa shape index (κ3) is 3.68. The minimum Gasteiger partial charge on any atom is -0.327 e. The van der Waals surface area contributed by atoms with Crippen LogP contribution in [-0.2, 0) is 16.1 Å². The molecule has 0 bridgehead atoms. The lowest BCUT2D eigenvalue weighted by Gasteiger charge is -2.16. The Hall–Kier alpha value is -2.63. The van der Waals surface area contributed by atoms with Gasteiger partial charge in [0.1, 0.15) is 0 Å². The van der Waals surface area contributed by atoms with E-state index in [-0.39, 0.29) is 12.5 Å². The number of benzene rings is 1. The minimum absolute atomic E-state index is 0.275. The first-order valence-corrected chi connectivity index (χ1v) is 6.18. The second-order valence-corrected chi connectivity index (χ2v) is 4.23. The third-order valence-electron chi connectivity index (χ3n) is 2.62. The van der Waals surface area contributed by atoms with E-state index in [0.29, 0.717) is 0 Å². The standard InChI is InChI=1S/C14H15N4O2/c1-11(19)17-13(18-9-5-8-16-18)14(20)15-10-12-6-3-2-4-7-12/h2-9,13H,10H2,1H3,(H,17,19). The third-order valence-corrected chi connectivity index (χ3v) is 2.62. The highest BCUT2D eigenvalue weighted by Crippen LogP contribution is 2.04. The van der Waals surface area contributed by atoms with E-state index >= 15 is 0 Å². The molecule has 1 atom stereocenters. The second-order valence-electron chi connectivity index (χ2n) is 4.23. The van der Waals surface area contributed by atoms with Crippen LogP contribution in [0, 0.1) is 0 Å². The van der Waals surface area contributed by atoms with Crippen molar-refractivity contribution in [3.63, 3.8) is 0 Å². The highest BCUT2D eigenvalue weighted by atomic mass is 16.2. The average molecular weight is 271 g/mol. The molecule has 6 nitrogen and oxygen atoms in total. The van der Waals surface area contributed by atoms with Crippen molar-refractivity contribution in [3.8, 4) is 0 Å². The molecule has 1 radical (unpaired) electrons. The molecular weight excluding hydrogens is 256 g/mol. The SMILES string of the molecule is CC(=O)NC(C(=O)[N]Cc1ccccc1)n1cccn1. The number of aromatic nitrogens is 2. The van der Waals surface area contributed by atoms with Crippen LogP contribution in [0.2, 0.25) is 0 Å². The maximum Gasteiger partial charge on any atom is 0.286 e. The fourth-order valence-corrected chi connectivity index (χ4v) is 1.71. The molecule has 0 aliphatic rings. The zero-order valence-electron chi connectivity index (χ0n) is 11.1. The molecule has 1 unspecified atom stereocenters. The first kappa shape index (κ1) is 13.8. The van der Waals surface area contributed by atoms with Gasteiger partial charge < -0.3 is 5.32 Å². The molecule has 2 aromatic rings. The van der Waals surface area contributed by atoms with Crippen molar-refractivity contribution in [1.82, 2.24) is 20.4 Å². The molecule has 1 aromatic heterocycles. The minimum atomic E-state index is -0.897. The number of hydrogen-bond donors (Lipinski definition) is 1. The van der Waals surface area contributed by atoms with E-state index < -0.39 is 12.1 Å². The van der Waals surface area contributed by atoms with E-state index in [9.17, 15) is 9.59 Å².